The lowest BCUT2D eigenvalue weighted by Gasteiger charge is -2.06. The summed E-state index contributed by atoms with van der Waals surface area (Å²) in [5.74, 6) is -0.631. The Labute approximate surface area is 92.4 Å². The van der Waals surface area contributed by atoms with Gasteiger partial charge in [0, 0.05) is 24.9 Å². The Morgan fingerprint density at radius 1 is 1.50 bits per heavy atom. The van der Waals surface area contributed by atoms with Crippen LogP contribution in [0.5, 0.6) is 0 Å². The summed E-state index contributed by atoms with van der Waals surface area (Å²) in [5.41, 5.74) is 0.116. The van der Waals surface area contributed by atoms with Gasteiger partial charge in [-0.15, -0.1) is 0 Å². The number of halogens is 1. The predicted octanol–water partition coefficient (Wildman–Crippen LogP) is 2.18. The van der Waals surface area contributed by atoms with Crippen LogP contribution in [0.2, 0.25) is 0 Å². The van der Waals surface area contributed by atoms with Crippen molar-refractivity contribution in [2.75, 3.05) is 25.1 Å². The molecular formula is C10H13FN2O3. The number of ether oxygens (including phenoxy) is 1. The van der Waals surface area contributed by atoms with Gasteiger partial charge in [-0.3, -0.25) is 10.1 Å². The molecule has 16 heavy (non-hydrogen) atoms. The molecule has 0 spiro atoms. The molecule has 0 amide bonds. The summed E-state index contributed by atoms with van der Waals surface area (Å²) in [7, 11) is 0. The number of nitro benzene ring substituents is 1. The molecule has 0 aliphatic carbocycles. The third kappa shape index (κ3) is 3.82. The fourth-order valence-electron chi connectivity index (χ4n) is 1.19. The molecule has 6 heteroatoms. The Hall–Kier alpha value is -1.69. The fraction of sp³-hybridized carbons (Fsp3) is 0.400. The molecule has 0 saturated carbocycles. The molecule has 88 valence electrons. The van der Waals surface area contributed by atoms with Crippen molar-refractivity contribution in [2.24, 2.45) is 0 Å². The number of hydrogen-bond acceptors (Lipinski definition) is 4. The van der Waals surface area contributed by atoms with Gasteiger partial charge in [0.1, 0.15) is 5.82 Å². The Bertz CT molecular complexity index is 371. The van der Waals surface area contributed by atoms with Crippen LogP contribution in [0.25, 0.3) is 0 Å². The molecular weight excluding hydrogens is 215 g/mol. The minimum atomic E-state index is -0.631. The maximum absolute atomic E-state index is 13.0. The molecule has 1 N–H and O–H groups in total. The van der Waals surface area contributed by atoms with E-state index >= 15 is 0 Å². The first-order chi connectivity index (χ1) is 7.63. The van der Waals surface area contributed by atoms with Crippen LogP contribution in [0.3, 0.4) is 0 Å². The van der Waals surface area contributed by atoms with Crippen LogP contribution < -0.4 is 5.32 Å². The molecule has 1 aromatic rings. The van der Waals surface area contributed by atoms with Crippen LogP contribution >= 0.6 is 0 Å². The number of nitrogens with one attached hydrogen (secondary N) is 1. The lowest BCUT2D eigenvalue weighted by atomic mass is 10.2. The predicted molar refractivity (Wildman–Crippen MR) is 58.0 cm³/mol. The summed E-state index contributed by atoms with van der Waals surface area (Å²) < 4.78 is 18.1. The topological polar surface area (TPSA) is 64.4 Å². The molecule has 0 radical (unpaired) electrons. The first kappa shape index (κ1) is 12.4. The van der Waals surface area contributed by atoms with E-state index in [0.29, 0.717) is 25.4 Å². The summed E-state index contributed by atoms with van der Waals surface area (Å²) in [6, 6.07) is 3.38. The van der Waals surface area contributed by atoms with Crippen molar-refractivity contribution >= 4 is 11.4 Å². The summed E-state index contributed by atoms with van der Waals surface area (Å²) >= 11 is 0. The van der Waals surface area contributed by atoms with E-state index in [1.54, 1.807) is 0 Å². The van der Waals surface area contributed by atoms with Crippen molar-refractivity contribution in [1.82, 2.24) is 0 Å². The molecule has 5 nitrogen and oxygen atoms in total. The summed E-state index contributed by atoms with van der Waals surface area (Å²) in [6.07, 6.45) is 0. The highest BCUT2D eigenvalue weighted by Crippen LogP contribution is 2.19. The van der Waals surface area contributed by atoms with E-state index in [0.717, 1.165) is 6.07 Å². The molecule has 0 bridgehead atoms. The maximum atomic E-state index is 13.0. The van der Waals surface area contributed by atoms with Crippen molar-refractivity contribution in [3.8, 4) is 0 Å². The van der Waals surface area contributed by atoms with Crippen molar-refractivity contribution in [2.45, 2.75) is 6.92 Å². The zero-order chi connectivity index (χ0) is 12.0. The standard InChI is InChI=1S/C10H13FN2O3/c1-2-16-4-3-12-9-5-8(11)6-10(7-9)13(14)15/h5-7,12H,2-4H2,1H3. The zero-order valence-corrected chi connectivity index (χ0v) is 8.90. The Morgan fingerprint density at radius 3 is 2.88 bits per heavy atom. The van der Waals surface area contributed by atoms with Crippen LogP contribution in [0.1, 0.15) is 6.92 Å². The Kier molecular flexibility index (Phi) is 4.65. The van der Waals surface area contributed by atoms with Crippen molar-refractivity contribution in [1.29, 1.82) is 0 Å². The quantitative estimate of drug-likeness (QED) is 0.460. The van der Waals surface area contributed by atoms with Gasteiger partial charge in [0.05, 0.1) is 17.6 Å². The number of nitrogens with zero attached hydrogens (tertiary/aromatic N) is 1. The second kappa shape index (κ2) is 6.02. The van der Waals surface area contributed by atoms with E-state index in [-0.39, 0.29) is 5.69 Å². The molecule has 0 atom stereocenters. The molecule has 1 aromatic carbocycles. The summed E-state index contributed by atoms with van der Waals surface area (Å²) in [4.78, 5) is 9.84. The van der Waals surface area contributed by atoms with Gasteiger partial charge in [-0.25, -0.2) is 4.39 Å². The maximum Gasteiger partial charge on any atom is 0.274 e. The minimum Gasteiger partial charge on any atom is -0.382 e. The minimum absolute atomic E-state index is 0.265. The molecule has 1 rings (SSSR count). The third-order valence-corrected chi connectivity index (χ3v) is 1.87. The SMILES string of the molecule is CCOCCNc1cc(F)cc([N+](=O)[O-])c1. The normalized spacial score (nSPS) is 10.1. The van der Waals surface area contributed by atoms with Gasteiger partial charge >= 0.3 is 0 Å². The Balaban J connectivity index is 2.62. The van der Waals surface area contributed by atoms with Crippen molar-refractivity contribution < 1.29 is 14.1 Å². The van der Waals surface area contributed by atoms with Crippen molar-refractivity contribution in [3.63, 3.8) is 0 Å². The van der Waals surface area contributed by atoms with E-state index in [2.05, 4.69) is 5.32 Å². The van der Waals surface area contributed by atoms with E-state index in [4.69, 9.17) is 4.74 Å². The van der Waals surface area contributed by atoms with Crippen LogP contribution in [0, 0.1) is 15.9 Å². The number of benzene rings is 1. The van der Waals surface area contributed by atoms with Gasteiger partial charge in [0.15, 0.2) is 0 Å². The monoisotopic (exact) mass is 228 g/mol. The highest BCUT2D eigenvalue weighted by Gasteiger charge is 2.09. The average molecular weight is 228 g/mol. The largest absolute Gasteiger partial charge is 0.382 e. The number of hydrogen-bond donors (Lipinski definition) is 1. The van der Waals surface area contributed by atoms with Crippen LogP contribution in [0.4, 0.5) is 15.8 Å². The smallest absolute Gasteiger partial charge is 0.274 e. The lowest BCUT2D eigenvalue weighted by Crippen LogP contribution is -2.09. The summed E-state index contributed by atoms with van der Waals surface area (Å²) in [5, 5.41) is 13.3. The summed E-state index contributed by atoms with van der Waals surface area (Å²) in [6.45, 7) is 3.42. The molecule has 0 heterocycles. The molecule has 0 aliphatic rings. The second-order valence-electron chi connectivity index (χ2n) is 3.08. The molecule has 0 saturated heterocycles. The van der Waals surface area contributed by atoms with Gasteiger partial charge in [0.2, 0.25) is 0 Å². The van der Waals surface area contributed by atoms with Crippen LogP contribution in [-0.4, -0.2) is 24.7 Å². The van der Waals surface area contributed by atoms with Crippen LogP contribution in [0.15, 0.2) is 18.2 Å². The Morgan fingerprint density at radius 2 is 2.25 bits per heavy atom. The first-order valence-electron chi connectivity index (χ1n) is 4.90. The van der Waals surface area contributed by atoms with Gasteiger partial charge in [-0.05, 0) is 13.0 Å². The first-order valence-corrected chi connectivity index (χ1v) is 4.90. The molecule has 0 aromatic heterocycles. The third-order valence-electron chi connectivity index (χ3n) is 1.87. The highest BCUT2D eigenvalue weighted by atomic mass is 19.1. The number of rotatable bonds is 6. The second-order valence-corrected chi connectivity index (χ2v) is 3.08. The van der Waals surface area contributed by atoms with Crippen LogP contribution in [-0.2, 0) is 4.74 Å². The van der Waals surface area contributed by atoms with E-state index in [1.165, 1.54) is 12.1 Å². The van der Waals surface area contributed by atoms with E-state index in [1.807, 2.05) is 6.92 Å². The van der Waals surface area contributed by atoms with Gasteiger partial charge in [-0.1, -0.05) is 0 Å². The molecule has 0 unspecified atom stereocenters. The molecule has 0 fully saturated rings. The fourth-order valence-corrected chi connectivity index (χ4v) is 1.19. The molecule has 0 aliphatic heterocycles. The number of nitro groups is 1. The van der Waals surface area contributed by atoms with Crippen molar-refractivity contribution in [3.05, 3.63) is 34.1 Å². The van der Waals surface area contributed by atoms with Gasteiger partial charge in [0.25, 0.3) is 5.69 Å². The van der Waals surface area contributed by atoms with Gasteiger partial charge < -0.3 is 10.1 Å². The van der Waals surface area contributed by atoms with Gasteiger partial charge in [-0.2, -0.15) is 0 Å². The number of non-ortho nitro benzene ring substituents is 1. The highest BCUT2D eigenvalue weighted by molar-refractivity contribution is 5.51. The lowest BCUT2D eigenvalue weighted by molar-refractivity contribution is -0.385. The zero-order valence-electron chi connectivity index (χ0n) is 8.90. The average Bonchev–Trinajstić information content (AvgIpc) is 2.23. The van der Waals surface area contributed by atoms with E-state index in [9.17, 15) is 14.5 Å². The van der Waals surface area contributed by atoms with E-state index < -0.39 is 10.7 Å². The number of anilines is 1.